The van der Waals surface area contributed by atoms with E-state index in [1.807, 2.05) is 36.4 Å². The van der Waals surface area contributed by atoms with Crippen LogP contribution in [0.3, 0.4) is 0 Å². The number of benzene rings is 3. The van der Waals surface area contributed by atoms with Gasteiger partial charge in [0.1, 0.15) is 12.7 Å². The maximum absolute atomic E-state index is 12.4. The van der Waals surface area contributed by atoms with Crippen molar-refractivity contribution >= 4 is 11.9 Å². The van der Waals surface area contributed by atoms with Gasteiger partial charge in [-0.25, -0.2) is 4.79 Å². The van der Waals surface area contributed by atoms with Gasteiger partial charge in [-0.05, 0) is 17.5 Å². The SMILES string of the molecule is O=C(NCCC(O)C(O)c1ccc(C(=O)c2ccccc2)cc1)OCc1ccccc1. The minimum Gasteiger partial charge on any atom is -0.445 e. The summed E-state index contributed by atoms with van der Waals surface area (Å²) in [6.45, 7) is 0.308. The molecule has 3 rings (SSSR count). The Balaban J connectivity index is 1.44. The summed E-state index contributed by atoms with van der Waals surface area (Å²) in [5.41, 5.74) is 2.45. The molecule has 0 saturated heterocycles. The fourth-order valence-corrected chi connectivity index (χ4v) is 3.06. The first-order valence-electron chi connectivity index (χ1n) is 10.0. The van der Waals surface area contributed by atoms with Crippen LogP contribution in [0.25, 0.3) is 0 Å². The molecule has 160 valence electrons. The van der Waals surface area contributed by atoms with E-state index in [-0.39, 0.29) is 25.4 Å². The van der Waals surface area contributed by atoms with Crippen LogP contribution in [0, 0.1) is 0 Å². The summed E-state index contributed by atoms with van der Waals surface area (Å²) in [4.78, 5) is 24.2. The number of hydrogen-bond donors (Lipinski definition) is 3. The Hall–Kier alpha value is -3.48. The van der Waals surface area contributed by atoms with E-state index in [9.17, 15) is 19.8 Å². The smallest absolute Gasteiger partial charge is 0.407 e. The first-order valence-corrected chi connectivity index (χ1v) is 10.0. The number of alkyl carbamates (subject to hydrolysis) is 1. The lowest BCUT2D eigenvalue weighted by molar-refractivity contribution is 0.0136. The van der Waals surface area contributed by atoms with E-state index in [0.29, 0.717) is 16.7 Å². The Labute approximate surface area is 181 Å². The Morgan fingerprint density at radius 3 is 2.03 bits per heavy atom. The number of ketones is 1. The van der Waals surface area contributed by atoms with Crippen molar-refractivity contribution in [3.8, 4) is 0 Å². The summed E-state index contributed by atoms with van der Waals surface area (Å²) < 4.78 is 5.10. The molecule has 2 unspecified atom stereocenters. The standard InChI is InChI=1S/C25H25NO5/c27-22(15-16-26-25(30)31-17-18-7-3-1-4-8-18)24(29)21-13-11-20(12-14-21)23(28)19-9-5-2-6-10-19/h1-14,22,24,27,29H,15-17H2,(H,26,30). The summed E-state index contributed by atoms with van der Waals surface area (Å²) in [5.74, 6) is -0.111. The zero-order valence-corrected chi connectivity index (χ0v) is 17.0. The lowest BCUT2D eigenvalue weighted by Gasteiger charge is -2.18. The molecule has 0 aliphatic heterocycles. The monoisotopic (exact) mass is 419 g/mol. The molecule has 6 heteroatoms. The maximum Gasteiger partial charge on any atom is 0.407 e. The van der Waals surface area contributed by atoms with E-state index < -0.39 is 18.3 Å². The molecule has 6 nitrogen and oxygen atoms in total. The molecule has 0 aliphatic rings. The first-order chi connectivity index (χ1) is 15.0. The molecule has 3 aromatic rings. The molecule has 0 radical (unpaired) electrons. The van der Waals surface area contributed by atoms with Crippen molar-refractivity contribution in [2.75, 3.05) is 6.54 Å². The highest BCUT2D eigenvalue weighted by Crippen LogP contribution is 2.20. The number of rotatable bonds is 9. The fraction of sp³-hybridized carbons (Fsp3) is 0.200. The molecule has 0 heterocycles. The van der Waals surface area contributed by atoms with E-state index in [1.54, 1.807) is 48.5 Å². The van der Waals surface area contributed by atoms with E-state index >= 15 is 0 Å². The van der Waals surface area contributed by atoms with Gasteiger partial charge >= 0.3 is 6.09 Å². The second kappa shape index (κ2) is 11.1. The second-order valence-electron chi connectivity index (χ2n) is 7.11. The number of aliphatic hydroxyl groups is 2. The van der Waals surface area contributed by atoms with Crippen LogP contribution >= 0.6 is 0 Å². The summed E-state index contributed by atoms with van der Waals surface area (Å²) in [6.07, 6.45) is -2.66. The summed E-state index contributed by atoms with van der Waals surface area (Å²) >= 11 is 0. The van der Waals surface area contributed by atoms with E-state index in [2.05, 4.69) is 5.32 Å². The Bertz CT molecular complexity index is 974. The molecule has 3 aromatic carbocycles. The average molecular weight is 419 g/mol. The highest BCUT2D eigenvalue weighted by Gasteiger charge is 2.19. The third-order valence-corrected chi connectivity index (χ3v) is 4.84. The molecule has 0 saturated carbocycles. The van der Waals surface area contributed by atoms with Crippen LogP contribution in [0.1, 0.15) is 39.6 Å². The highest BCUT2D eigenvalue weighted by atomic mass is 16.5. The number of hydrogen-bond acceptors (Lipinski definition) is 5. The number of carbonyl (C=O) groups is 2. The van der Waals surface area contributed by atoms with Crippen LogP contribution < -0.4 is 5.32 Å². The number of aliphatic hydroxyl groups excluding tert-OH is 2. The van der Waals surface area contributed by atoms with Gasteiger partial charge in [0, 0.05) is 17.7 Å². The zero-order valence-electron chi connectivity index (χ0n) is 17.0. The fourth-order valence-electron chi connectivity index (χ4n) is 3.06. The third kappa shape index (κ3) is 6.50. The molecule has 31 heavy (non-hydrogen) atoms. The predicted molar refractivity (Wildman–Crippen MR) is 117 cm³/mol. The van der Waals surface area contributed by atoms with Crippen LogP contribution in [-0.2, 0) is 11.3 Å². The Morgan fingerprint density at radius 2 is 1.39 bits per heavy atom. The van der Waals surface area contributed by atoms with Crippen molar-refractivity contribution in [2.45, 2.75) is 25.2 Å². The molecule has 0 aromatic heterocycles. The second-order valence-corrected chi connectivity index (χ2v) is 7.11. The maximum atomic E-state index is 12.4. The average Bonchev–Trinajstić information content (AvgIpc) is 2.83. The molecule has 0 spiro atoms. The van der Waals surface area contributed by atoms with Crippen LogP contribution in [0.4, 0.5) is 4.79 Å². The lowest BCUT2D eigenvalue weighted by Crippen LogP contribution is -2.29. The molecule has 2 atom stereocenters. The Kier molecular flexibility index (Phi) is 7.92. The van der Waals surface area contributed by atoms with Gasteiger partial charge in [0.15, 0.2) is 5.78 Å². The summed E-state index contributed by atoms with van der Waals surface area (Å²) in [6, 6.07) is 24.7. The minimum absolute atomic E-state index is 0.111. The lowest BCUT2D eigenvalue weighted by atomic mass is 9.98. The largest absolute Gasteiger partial charge is 0.445 e. The molecule has 3 N–H and O–H groups in total. The van der Waals surface area contributed by atoms with E-state index in [4.69, 9.17) is 4.74 Å². The van der Waals surface area contributed by atoms with Crippen molar-refractivity contribution in [2.24, 2.45) is 0 Å². The van der Waals surface area contributed by atoms with Gasteiger partial charge in [-0.3, -0.25) is 4.79 Å². The van der Waals surface area contributed by atoms with Crippen molar-refractivity contribution in [3.63, 3.8) is 0 Å². The van der Waals surface area contributed by atoms with E-state index in [0.717, 1.165) is 5.56 Å². The van der Waals surface area contributed by atoms with E-state index in [1.165, 1.54) is 0 Å². The number of carbonyl (C=O) groups excluding carboxylic acids is 2. The quantitative estimate of drug-likeness (QED) is 0.461. The number of amides is 1. The molecular weight excluding hydrogens is 394 g/mol. The highest BCUT2D eigenvalue weighted by molar-refractivity contribution is 6.08. The first kappa shape index (κ1) is 22.2. The number of nitrogens with one attached hydrogen (secondary N) is 1. The van der Waals surface area contributed by atoms with Gasteiger partial charge in [-0.15, -0.1) is 0 Å². The molecule has 0 fully saturated rings. The zero-order chi connectivity index (χ0) is 22.1. The van der Waals surface area contributed by atoms with Gasteiger partial charge in [-0.1, -0.05) is 84.9 Å². The van der Waals surface area contributed by atoms with Crippen molar-refractivity contribution in [1.82, 2.24) is 5.32 Å². The molecule has 0 bridgehead atoms. The molecule has 0 aliphatic carbocycles. The van der Waals surface area contributed by atoms with Crippen LogP contribution in [0.5, 0.6) is 0 Å². The molecular formula is C25H25NO5. The van der Waals surface area contributed by atoms with Gasteiger partial charge in [0.25, 0.3) is 0 Å². The van der Waals surface area contributed by atoms with Crippen LogP contribution in [0.2, 0.25) is 0 Å². The van der Waals surface area contributed by atoms with Crippen LogP contribution in [0.15, 0.2) is 84.9 Å². The third-order valence-electron chi connectivity index (χ3n) is 4.84. The van der Waals surface area contributed by atoms with Gasteiger partial charge in [0.05, 0.1) is 6.10 Å². The van der Waals surface area contributed by atoms with Gasteiger partial charge in [-0.2, -0.15) is 0 Å². The summed E-state index contributed by atoms with van der Waals surface area (Å²) in [7, 11) is 0. The summed E-state index contributed by atoms with van der Waals surface area (Å²) in [5, 5.41) is 23.2. The van der Waals surface area contributed by atoms with Gasteiger partial charge in [0.2, 0.25) is 0 Å². The van der Waals surface area contributed by atoms with Crippen LogP contribution in [-0.4, -0.2) is 34.7 Å². The Morgan fingerprint density at radius 1 is 0.806 bits per heavy atom. The van der Waals surface area contributed by atoms with Crippen molar-refractivity contribution < 1.29 is 24.5 Å². The minimum atomic E-state index is -1.14. The van der Waals surface area contributed by atoms with Crippen molar-refractivity contribution in [1.29, 1.82) is 0 Å². The van der Waals surface area contributed by atoms with Gasteiger partial charge < -0.3 is 20.3 Å². The normalized spacial score (nSPS) is 12.6. The predicted octanol–water partition coefficient (Wildman–Crippen LogP) is 3.63. The number of ether oxygens (including phenoxy) is 1. The topological polar surface area (TPSA) is 95.9 Å². The van der Waals surface area contributed by atoms with Crippen molar-refractivity contribution in [3.05, 3.63) is 107 Å². The molecule has 1 amide bonds.